The molecule has 2 aromatic rings. The first-order chi connectivity index (χ1) is 9.06. The number of benzene rings is 1. The maximum atomic E-state index is 6.35. The van der Waals surface area contributed by atoms with Crippen molar-refractivity contribution in [1.82, 2.24) is 14.9 Å². The Bertz CT molecular complexity index is 560. The third-order valence-electron chi connectivity index (χ3n) is 3.35. The van der Waals surface area contributed by atoms with Crippen LogP contribution in [0.2, 0.25) is 5.02 Å². The monoisotopic (exact) mass is 279 g/mol. The fourth-order valence-corrected chi connectivity index (χ4v) is 2.71. The molecule has 1 unspecified atom stereocenters. The van der Waals surface area contributed by atoms with Crippen LogP contribution in [0.4, 0.5) is 0 Å². The molecule has 1 N–H and O–H groups in total. The number of hydrogen-bond acceptors (Lipinski definition) is 2. The quantitative estimate of drug-likeness (QED) is 0.897. The van der Waals surface area contributed by atoms with E-state index in [2.05, 4.69) is 37.6 Å². The molecular formula is C15H22ClN3. The Kier molecular flexibility index (Phi) is 4.48. The lowest BCUT2D eigenvalue weighted by Gasteiger charge is -2.18. The van der Waals surface area contributed by atoms with E-state index in [0.29, 0.717) is 12.0 Å². The van der Waals surface area contributed by atoms with Crippen molar-refractivity contribution in [2.45, 2.75) is 39.7 Å². The van der Waals surface area contributed by atoms with Gasteiger partial charge in [-0.3, -0.25) is 0 Å². The minimum Gasteiger partial charge on any atom is -0.324 e. The van der Waals surface area contributed by atoms with E-state index in [1.807, 2.05) is 18.2 Å². The second-order valence-corrected chi connectivity index (χ2v) is 5.66. The van der Waals surface area contributed by atoms with E-state index < -0.39 is 0 Å². The zero-order valence-corrected chi connectivity index (χ0v) is 12.8. The molecule has 1 aromatic heterocycles. The van der Waals surface area contributed by atoms with Crippen LogP contribution in [0.1, 0.15) is 45.5 Å². The van der Waals surface area contributed by atoms with Gasteiger partial charge in [0.1, 0.15) is 5.82 Å². The van der Waals surface area contributed by atoms with Gasteiger partial charge in [-0.25, -0.2) is 4.98 Å². The van der Waals surface area contributed by atoms with Gasteiger partial charge in [0.05, 0.1) is 16.1 Å². The fourth-order valence-electron chi connectivity index (χ4n) is 2.45. The van der Waals surface area contributed by atoms with E-state index in [-0.39, 0.29) is 0 Å². The smallest absolute Gasteiger partial charge is 0.114 e. The molecule has 0 saturated carbocycles. The van der Waals surface area contributed by atoms with Gasteiger partial charge in [0, 0.05) is 18.5 Å². The molecule has 0 bridgehead atoms. The number of nitrogens with one attached hydrogen (secondary N) is 1. The SMILES string of the molecule is CCNCC(C)c1nc2cccc(Cl)c2n1C(C)C. The third-order valence-corrected chi connectivity index (χ3v) is 3.65. The molecule has 19 heavy (non-hydrogen) atoms. The Morgan fingerprint density at radius 1 is 1.32 bits per heavy atom. The molecule has 0 aliphatic rings. The number of nitrogens with zero attached hydrogens (tertiary/aromatic N) is 2. The maximum Gasteiger partial charge on any atom is 0.114 e. The minimum atomic E-state index is 0.351. The fraction of sp³-hybridized carbons (Fsp3) is 0.533. The van der Waals surface area contributed by atoms with Gasteiger partial charge >= 0.3 is 0 Å². The summed E-state index contributed by atoms with van der Waals surface area (Å²) >= 11 is 6.35. The molecule has 104 valence electrons. The topological polar surface area (TPSA) is 29.9 Å². The van der Waals surface area contributed by atoms with Crippen LogP contribution < -0.4 is 5.32 Å². The summed E-state index contributed by atoms with van der Waals surface area (Å²) in [6.45, 7) is 10.6. The largest absolute Gasteiger partial charge is 0.324 e. The Labute approximate surface area is 120 Å². The summed E-state index contributed by atoms with van der Waals surface area (Å²) in [7, 11) is 0. The molecule has 0 spiro atoms. The second kappa shape index (κ2) is 5.93. The third kappa shape index (κ3) is 2.77. The van der Waals surface area contributed by atoms with Crippen LogP contribution in [0.5, 0.6) is 0 Å². The van der Waals surface area contributed by atoms with Crippen molar-refractivity contribution in [3.8, 4) is 0 Å². The van der Waals surface area contributed by atoms with Crippen LogP contribution in [0.15, 0.2) is 18.2 Å². The Hall–Kier alpha value is -1.06. The standard InChI is InChI=1S/C15H22ClN3/c1-5-17-9-11(4)15-18-13-8-6-7-12(16)14(13)19(15)10(2)3/h6-8,10-11,17H,5,9H2,1-4H3. The van der Waals surface area contributed by atoms with E-state index in [1.54, 1.807) is 0 Å². The number of rotatable bonds is 5. The number of likely N-dealkylation sites (N-methyl/N-ethyl adjacent to an activating group) is 1. The molecule has 1 aromatic carbocycles. The molecule has 0 amide bonds. The van der Waals surface area contributed by atoms with Crippen LogP contribution in [-0.4, -0.2) is 22.6 Å². The first-order valence-electron chi connectivity index (χ1n) is 6.93. The zero-order chi connectivity index (χ0) is 14.0. The number of halogens is 1. The normalized spacial score (nSPS) is 13.4. The maximum absolute atomic E-state index is 6.35. The van der Waals surface area contributed by atoms with Crippen molar-refractivity contribution < 1.29 is 0 Å². The molecule has 3 nitrogen and oxygen atoms in total. The van der Waals surface area contributed by atoms with Crippen molar-refractivity contribution in [3.05, 3.63) is 29.0 Å². The first-order valence-corrected chi connectivity index (χ1v) is 7.31. The highest BCUT2D eigenvalue weighted by Gasteiger charge is 2.19. The molecule has 1 atom stereocenters. The molecule has 0 radical (unpaired) electrons. The van der Waals surface area contributed by atoms with Crippen molar-refractivity contribution in [2.24, 2.45) is 0 Å². The van der Waals surface area contributed by atoms with E-state index in [9.17, 15) is 0 Å². The van der Waals surface area contributed by atoms with E-state index in [1.165, 1.54) is 0 Å². The van der Waals surface area contributed by atoms with Crippen molar-refractivity contribution in [2.75, 3.05) is 13.1 Å². The van der Waals surface area contributed by atoms with Crippen LogP contribution in [0.25, 0.3) is 11.0 Å². The summed E-state index contributed by atoms with van der Waals surface area (Å²) in [5.74, 6) is 1.48. The summed E-state index contributed by atoms with van der Waals surface area (Å²) in [4.78, 5) is 4.79. The molecule has 0 fully saturated rings. The molecule has 4 heteroatoms. The molecular weight excluding hydrogens is 258 g/mol. The lowest BCUT2D eigenvalue weighted by molar-refractivity contribution is 0.530. The highest BCUT2D eigenvalue weighted by molar-refractivity contribution is 6.35. The lowest BCUT2D eigenvalue weighted by Crippen LogP contribution is -2.22. The Morgan fingerprint density at radius 3 is 2.68 bits per heavy atom. The average Bonchev–Trinajstić information content (AvgIpc) is 2.77. The number of hydrogen-bond donors (Lipinski definition) is 1. The number of para-hydroxylation sites is 1. The summed E-state index contributed by atoms with van der Waals surface area (Å²) in [6.07, 6.45) is 0. The van der Waals surface area contributed by atoms with Crippen molar-refractivity contribution in [3.63, 3.8) is 0 Å². The van der Waals surface area contributed by atoms with Gasteiger partial charge in [-0.05, 0) is 32.5 Å². The summed E-state index contributed by atoms with van der Waals surface area (Å²) in [6, 6.07) is 6.28. The van der Waals surface area contributed by atoms with Crippen LogP contribution in [0.3, 0.4) is 0 Å². The molecule has 0 aliphatic carbocycles. The summed E-state index contributed by atoms with van der Waals surface area (Å²) in [5.41, 5.74) is 2.04. The van der Waals surface area contributed by atoms with Crippen molar-refractivity contribution in [1.29, 1.82) is 0 Å². The second-order valence-electron chi connectivity index (χ2n) is 5.25. The highest BCUT2D eigenvalue weighted by Crippen LogP contribution is 2.30. The number of imidazole rings is 1. The van der Waals surface area contributed by atoms with Crippen molar-refractivity contribution >= 4 is 22.6 Å². The minimum absolute atomic E-state index is 0.351. The van der Waals surface area contributed by atoms with Gasteiger partial charge in [0.25, 0.3) is 0 Å². The molecule has 0 saturated heterocycles. The van der Waals surface area contributed by atoms with Gasteiger partial charge in [-0.2, -0.15) is 0 Å². The van der Waals surface area contributed by atoms with Gasteiger partial charge < -0.3 is 9.88 Å². The predicted molar refractivity (Wildman–Crippen MR) is 82.1 cm³/mol. The average molecular weight is 280 g/mol. The number of aromatic nitrogens is 2. The van der Waals surface area contributed by atoms with Gasteiger partial charge in [0.15, 0.2) is 0 Å². The van der Waals surface area contributed by atoms with E-state index in [0.717, 1.165) is 35.0 Å². The molecule has 1 heterocycles. The van der Waals surface area contributed by atoms with Gasteiger partial charge in [-0.1, -0.05) is 31.5 Å². The van der Waals surface area contributed by atoms with E-state index >= 15 is 0 Å². The Morgan fingerprint density at radius 2 is 2.05 bits per heavy atom. The molecule has 0 aliphatic heterocycles. The van der Waals surface area contributed by atoms with Gasteiger partial charge in [0.2, 0.25) is 0 Å². The van der Waals surface area contributed by atoms with E-state index in [4.69, 9.17) is 16.6 Å². The lowest BCUT2D eigenvalue weighted by atomic mass is 10.1. The highest BCUT2D eigenvalue weighted by atomic mass is 35.5. The zero-order valence-electron chi connectivity index (χ0n) is 12.1. The Balaban J connectivity index is 2.54. The van der Waals surface area contributed by atoms with Crippen LogP contribution >= 0.6 is 11.6 Å². The van der Waals surface area contributed by atoms with Gasteiger partial charge in [-0.15, -0.1) is 0 Å². The summed E-state index contributed by atoms with van der Waals surface area (Å²) < 4.78 is 2.26. The summed E-state index contributed by atoms with van der Waals surface area (Å²) in [5, 5.41) is 4.16. The van der Waals surface area contributed by atoms with Crippen LogP contribution in [0, 0.1) is 0 Å². The molecule has 2 rings (SSSR count). The van der Waals surface area contributed by atoms with Crippen LogP contribution in [-0.2, 0) is 0 Å². The predicted octanol–water partition coefficient (Wildman–Crippen LogP) is 3.98. The first kappa shape index (κ1) is 14.4. The number of fused-ring (bicyclic) bond motifs is 1.